The SMILES string of the molecule is CC(C)(C)OC(=O)C1CCC2CC=CC=C2C1=O. The summed E-state index contributed by atoms with van der Waals surface area (Å²) in [5.74, 6) is -0.703. The van der Waals surface area contributed by atoms with Crippen molar-refractivity contribution in [1.29, 1.82) is 0 Å². The van der Waals surface area contributed by atoms with E-state index in [1.807, 2.05) is 32.9 Å². The van der Waals surface area contributed by atoms with Crippen molar-refractivity contribution in [2.45, 2.75) is 45.6 Å². The molecule has 2 atom stereocenters. The Balaban J connectivity index is 2.12. The van der Waals surface area contributed by atoms with Crippen molar-refractivity contribution in [1.82, 2.24) is 0 Å². The van der Waals surface area contributed by atoms with Crippen LogP contribution in [0.15, 0.2) is 23.8 Å². The fraction of sp³-hybridized carbons (Fsp3) is 0.600. The molecule has 0 amide bonds. The van der Waals surface area contributed by atoms with Gasteiger partial charge >= 0.3 is 5.97 Å². The molecule has 0 bridgehead atoms. The number of carbonyl (C=O) groups excluding carboxylic acids is 2. The van der Waals surface area contributed by atoms with Gasteiger partial charge in [-0.15, -0.1) is 0 Å². The van der Waals surface area contributed by atoms with E-state index < -0.39 is 11.5 Å². The highest BCUT2D eigenvalue weighted by atomic mass is 16.6. The largest absolute Gasteiger partial charge is 0.459 e. The van der Waals surface area contributed by atoms with E-state index in [1.165, 1.54) is 0 Å². The number of hydrogen-bond donors (Lipinski definition) is 0. The van der Waals surface area contributed by atoms with Crippen molar-refractivity contribution in [3.05, 3.63) is 23.8 Å². The molecule has 0 aromatic carbocycles. The van der Waals surface area contributed by atoms with E-state index >= 15 is 0 Å². The molecule has 2 unspecified atom stereocenters. The highest BCUT2D eigenvalue weighted by Gasteiger charge is 2.39. The van der Waals surface area contributed by atoms with Crippen molar-refractivity contribution in [2.75, 3.05) is 0 Å². The Labute approximate surface area is 108 Å². The molecule has 1 fully saturated rings. The van der Waals surface area contributed by atoms with Gasteiger partial charge in [-0.2, -0.15) is 0 Å². The van der Waals surface area contributed by atoms with E-state index in [2.05, 4.69) is 6.08 Å². The lowest BCUT2D eigenvalue weighted by Gasteiger charge is -2.31. The van der Waals surface area contributed by atoms with Crippen LogP contribution in [0.1, 0.15) is 40.0 Å². The van der Waals surface area contributed by atoms with Crippen LogP contribution < -0.4 is 0 Å². The first-order valence-corrected chi connectivity index (χ1v) is 6.52. The molecule has 0 aromatic rings. The van der Waals surface area contributed by atoms with Crippen molar-refractivity contribution < 1.29 is 14.3 Å². The number of Topliss-reactive ketones (excluding diaryl/α,β-unsaturated/α-hetero) is 1. The molecule has 0 heterocycles. The standard InChI is InChI=1S/C15H20O3/c1-15(2,3)18-14(17)12-9-8-10-6-4-5-7-11(10)13(12)16/h4-5,7,10,12H,6,8-9H2,1-3H3. The molecule has 0 aliphatic heterocycles. The maximum atomic E-state index is 12.3. The smallest absolute Gasteiger partial charge is 0.317 e. The van der Waals surface area contributed by atoms with Gasteiger partial charge in [0.2, 0.25) is 0 Å². The van der Waals surface area contributed by atoms with Crippen LogP contribution in [0.2, 0.25) is 0 Å². The summed E-state index contributed by atoms with van der Waals surface area (Å²) < 4.78 is 5.32. The van der Waals surface area contributed by atoms with Crippen LogP contribution in [0.3, 0.4) is 0 Å². The molecule has 98 valence electrons. The molecule has 0 spiro atoms. The Morgan fingerprint density at radius 2 is 2.06 bits per heavy atom. The minimum atomic E-state index is -0.599. The van der Waals surface area contributed by atoms with Gasteiger partial charge in [-0.1, -0.05) is 18.2 Å². The van der Waals surface area contributed by atoms with E-state index in [-0.39, 0.29) is 11.8 Å². The van der Waals surface area contributed by atoms with E-state index in [9.17, 15) is 9.59 Å². The van der Waals surface area contributed by atoms with Gasteiger partial charge in [0.15, 0.2) is 5.78 Å². The highest BCUT2D eigenvalue weighted by Crippen LogP contribution is 2.36. The van der Waals surface area contributed by atoms with Crippen LogP contribution in [-0.4, -0.2) is 17.4 Å². The number of esters is 1. The lowest BCUT2D eigenvalue weighted by atomic mass is 9.74. The van der Waals surface area contributed by atoms with Gasteiger partial charge in [0.25, 0.3) is 0 Å². The van der Waals surface area contributed by atoms with Crippen molar-refractivity contribution >= 4 is 11.8 Å². The molecule has 3 heteroatoms. The maximum Gasteiger partial charge on any atom is 0.317 e. The summed E-state index contributed by atoms with van der Waals surface area (Å²) in [6, 6.07) is 0. The Bertz CT molecular complexity index is 424. The average Bonchev–Trinajstić information content (AvgIpc) is 2.27. The second kappa shape index (κ2) is 4.71. The normalized spacial score (nSPS) is 27.5. The topological polar surface area (TPSA) is 43.4 Å². The summed E-state index contributed by atoms with van der Waals surface area (Å²) in [6.07, 6.45) is 8.26. The summed E-state index contributed by atoms with van der Waals surface area (Å²) in [6.45, 7) is 5.47. The van der Waals surface area contributed by atoms with Gasteiger partial charge in [-0.3, -0.25) is 9.59 Å². The molecule has 18 heavy (non-hydrogen) atoms. The fourth-order valence-electron chi connectivity index (χ4n) is 2.53. The number of carbonyl (C=O) groups is 2. The zero-order valence-corrected chi connectivity index (χ0v) is 11.2. The first-order chi connectivity index (χ1) is 8.38. The number of rotatable bonds is 1. The van der Waals surface area contributed by atoms with Gasteiger partial charge < -0.3 is 4.74 Å². The van der Waals surface area contributed by atoms with Crippen molar-refractivity contribution in [3.63, 3.8) is 0 Å². The van der Waals surface area contributed by atoms with Gasteiger partial charge in [0.1, 0.15) is 11.5 Å². The summed E-state index contributed by atoms with van der Waals surface area (Å²) in [5.41, 5.74) is 0.273. The van der Waals surface area contributed by atoms with Gasteiger partial charge in [0.05, 0.1) is 0 Å². The van der Waals surface area contributed by atoms with Crippen LogP contribution >= 0.6 is 0 Å². The molecule has 0 radical (unpaired) electrons. The average molecular weight is 248 g/mol. The lowest BCUT2D eigenvalue weighted by molar-refractivity contribution is -0.162. The van der Waals surface area contributed by atoms with Crippen LogP contribution in [0.5, 0.6) is 0 Å². The third-order valence-corrected chi connectivity index (χ3v) is 3.37. The van der Waals surface area contributed by atoms with Crippen molar-refractivity contribution in [2.24, 2.45) is 11.8 Å². The zero-order chi connectivity index (χ0) is 13.3. The van der Waals surface area contributed by atoms with E-state index in [0.29, 0.717) is 12.3 Å². The number of hydrogen-bond acceptors (Lipinski definition) is 3. The minimum absolute atomic E-state index is 0.0372. The van der Waals surface area contributed by atoms with Crippen LogP contribution in [0.4, 0.5) is 0 Å². The number of allylic oxidation sites excluding steroid dienone is 4. The predicted molar refractivity (Wildman–Crippen MR) is 68.9 cm³/mol. The van der Waals surface area contributed by atoms with Crippen LogP contribution in [0.25, 0.3) is 0 Å². The van der Waals surface area contributed by atoms with Gasteiger partial charge in [-0.25, -0.2) is 0 Å². The first-order valence-electron chi connectivity index (χ1n) is 6.52. The number of ketones is 1. The van der Waals surface area contributed by atoms with E-state index in [1.54, 1.807) is 0 Å². The molecule has 0 aromatic heterocycles. The second-order valence-electron chi connectivity index (χ2n) is 6.01. The monoisotopic (exact) mass is 248 g/mol. The Kier molecular flexibility index (Phi) is 3.42. The van der Waals surface area contributed by atoms with E-state index in [0.717, 1.165) is 18.4 Å². The van der Waals surface area contributed by atoms with Crippen LogP contribution in [-0.2, 0) is 14.3 Å². The zero-order valence-electron chi connectivity index (χ0n) is 11.2. The third kappa shape index (κ3) is 2.71. The second-order valence-corrected chi connectivity index (χ2v) is 6.01. The predicted octanol–water partition coefficient (Wildman–Crippen LogP) is 2.81. The third-order valence-electron chi connectivity index (χ3n) is 3.37. The molecule has 3 nitrogen and oxygen atoms in total. The molecule has 1 saturated carbocycles. The summed E-state index contributed by atoms with van der Waals surface area (Å²) >= 11 is 0. The lowest BCUT2D eigenvalue weighted by Crippen LogP contribution is -2.37. The molecular formula is C15H20O3. The quantitative estimate of drug-likeness (QED) is 0.529. The van der Waals surface area contributed by atoms with Gasteiger partial charge in [0, 0.05) is 0 Å². The van der Waals surface area contributed by atoms with Gasteiger partial charge in [-0.05, 0) is 51.5 Å². The molecule has 0 saturated heterocycles. The molecule has 2 aliphatic carbocycles. The molecule has 2 rings (SSSR count). The molecular weight excluding hydrogens is 228 g/mol. The fourth-order valence-corrected chi connectivity index (χ4v) is 2.53. The molecule has 2 aliphatic rings. The minimum Gasteiger partial charge on any atom is -0.459 e. The maximum absolute atomic E-state index is 12.3. The first kappa shape index (κ1) is 13.1. The van der Waals surface area contributed by atoms with Crippen LogP contribution in [0, 0.1) is 11.8 Å². The highest BCUT2D eigenvalue weighted by molar-refractivity contribution is 6.09. The summed E-state index contributed by atoms with van der Waals surface area (Å²) in [5, 5.41) is 0. The molecule has 0 N–H and O–H groups in total. The Morgan fingerprint density at radius 1 is 1.33 bits per heavy atom. The number of fused-ring (bicyclic) bond motifs is 1. The Hall–Kier alpha value is -1.38. The summed E-state index contributed by atoms with van der Waals surface area (Å²) in [4.78, 5) is 24.3. The summed E-state index contributed by atoms with van der Waals surface area (Å²) in [7, 11) is 0. The van der Waals surface area contributed by atoms with E-state index in [4.69, 9.17) is 4.74 Å². The Morgan fingerprint density at radius 3 is 2.72 bits per heavy atom. The van der Waals surface area contributed by atoms with Crippen molar-refractivity contribution in [3.8, 4) is 0 Å². The number of ether oxygens (including phenoxy) is 1.